The van der Waals surface area contributed by atoms with E-state index in [4.69, 9.17) is 10.4 Å². The van der Waals surface area contributed by atoms with E-state index in [-0.39, 0.29) is 31.8 Å². The molecule has 0 bridgehead atoms. The molecule has 0 rings (SSSR count). The van der Waals surface area contributed by atoms with Gasteiger partial charge in [0, 0.05) is 19.0 Å². The summed E-state index contributed by atoms with van der Waals surface area (Å²) in [4.78, 5) is 10.4. The minimum Gasteiger partial charge on any atom is -0.481 e. The van der Waals surface area contributed by atoms with Crippen LogP contribution in [-0.4, -0.2) is 41.6 Å². The number of nitrogens with zero attached hydrogens (tertiary/aromatic N) is 2. The number of aliphatic carboxylic acids is 1. The Hall–Kier alpha value is -1.13. The van der Waals surface area contributed by atoms with Gasteiger partial charge in [0.15, 0.2) is 5.25 Å². The van der Waals surface area contributed by atoms with Crippen molar-refractivity contribution in [1.29, 1.82) is 5.26 Å². The molecule has 0 saturated heterocycles. The summed E-state index contributed by atoms with van der Waals surface area (Å²) in [6.07, 6.45) is 0.387. The molecule has 18 heavy (non-hydrogen) atoms. The van der Waals surface area contributed by atoms with Gasteiger partial charge in [0.2, 0.25) is 10.0 Å². The molecule has 6 nitrogen and oxygen atoms in total. The lowest BCUT2D eigenvalue weighted by molar-refractivity contribution is -0.137. The summed E-state index contributed by atoms with van der Waals surface area (Å²) in [5.74, 6) is -0.955. The zero-order valence-corrected chi connectivity index (χ0v) is 11.8. The van der Waals surface area contributed by atoms with E-state index in [1.807, 2.05) is 0 Å². The minimum atomic E-state index is -3.68. The van der Waals surface area contributed by atoms with Crippen LogP contribution in [0.25, 0.3) is 0 Å². The van der Waals surface area contributed by atoms with E-state index < -0.39 is 21.2 Å². The molecule has 0 aliphatic rings. The number of sulfonamides is 1. The monoisotopic (exact) mass is 276 g/mol. The number of nitriles is 1. The van der Waals surface area contributed by atoms with Crippen molar-refractivity contribution in [3.8, 4) is 6.07 Å². The highest BCUT2D eigenvalue weighted by Crippen LogP contribution is 2.16. The molecule has 0 aliphatic heterocycles. The predicted molar refractivity (Wildman–Crippen MR) is 67.3 cm³/mol. The fraction of sp³-hybridized carbons (Fsp3) is 0.818. The third kappa shape index (κ3) is 4.63. The third-order valence-electron chi connectivity index (χ3n) is 2.55. The van der Waals surface area contributed by atoms with Crippen molar-refractivity contribution in [2.24, 2.45) is 0 Å². The molecule has 1 unspecified atom stereocenters. The van der Waals surface area contributed by atoms with Crippen LogP contribution in [-0.2, 0) is 14.8 Å². The highest BCUT2D eigenvalue weighted by Gasteiger charge is 2.32. The average Bonchev–Trinajstić information content (AvgIpc) is 2.24. The third-order valence-corrected chi connectivity index (χ3v) is 4.96. The smallest absolute Gasteiger partial charge is 0.303 e. The Balaban J connectivity index is 4.90. The molecule has 0 heterocycles. The van der Waals surface area contributed by atoms with Crippen molar-refractivity contribution in [1.82, 2.24) is 4.31 Å². The van der Waals surface area contributed by atoms with Gasteiger partial charge in [-0.05, 0) is 26.7 Å². The lowest BCUT2D eigenvalue weighted by Crippen LogP contribution is -2.43. The van der Waals surface area contributed by atoms with Gasteiger partial charge in [0.25, 0.3) is 0 Å². The number of carboxylic acid groups (broad SMARTS) is 1. The maximum Gasteiger partial charge on any atom is 0.303 e. The van der Waals surface area contributed by atoms with E-state index in [0.717, 1.165) is 0 Å². The van der Waals surface area contributed by atoms with Crippen LogP contribution in [0.15, 0.2) is 0 Å². The average molecular weight is 276 g/mol. The zero-order chi connectivity index (χ0) is 14.3. The van der Waals surface area contributed by atoms with Crippen LogP contribution in [0.1, 0.15) is 40.0 Å². The lowest BCUT2D eigenvalue weighted by atomic mass is 10.3. The molecular weight excluding hydrogens is 256 g/mol. The Labute approximate surface area is 108 Å². The van der Waals surface area contributed by atoms with Gasteiger partial charge in [-0.2, -0.15) is 9.57 Å². The largest absolute Gasteiger partial charge is 0.481 e. The molecule has 7 heteroatoms. The van der Waals surface area contributed by atoms with E-state index in [9.17, 15) is 13.2 Å². The molecule has 0 spiro atoms. The summed E-state index contributed by atoms with van der Waals surface area (Å²) < 4.78 is 25.5. The Kier molecular flexibility index (Phi) is 6.88. The molecule has 1 N–H and O–H groups in total. The number of carboxylic acids is 1. The van der Waals surface area contributed by atoms with Gasteiger partial charge in [-0.25, -0.2) is 8.42 Å². The molecule has 0 aromatic rings. The van der Waals surface area contributed by atoms with Crippen LogP contribution in [0.4, 0.5) is 0 Å². The number of rotatable bonds is 8. The van der Waals surface area contributed by atoms with E-state index in [2.05, 4.69) is 0 Å². The summed E-state index contributed by atoms with van der Waals surface area (Å²) in [6, 6.07) is 1.49. The van der Waals surface area contributed by atoms with Gasteiger partial charge in [-0.15, -0.1) is 0 Å². The Morgan fingerprint density at radius 2 is 2.00 bits per heavy atom. The van der Waals surface area contributed by atoms with Crippen LogP contribution in [0.5, 0.6) is 0 Å². The highest BCUT2D eigenvalue weighted by atomic mass is 32.2. The van der Waals surface area contributed by atoms with Crippen molar-refractivity contribution in [2.75, 3.05) is 6.54 Å². The van der Waals surface area contributed by atoms with Crippen LogP contribution in [0.3, 0.4) is 0 Å². The van der Waals surface area contributed by atoms with Crippen LogP contribution < -0.4 is 0 Å². The SMILES string of the molecule is CCC(C#N)S(=O)(=O)N(CCCC(=O)O)C(C)C. The van der Waals surface area contributed by atoms with Crippen LogP contribution in [0.2, 0.25) is 0 Å². The first kappa shape index (κ1) is 16.9. The topological polar surface area (TPSA) is 98.5 Å². The van der Waals surface area contributed by atoms with Crippen LogP contribution in [0, 0.1) is 11.3 Å². The number of hydrogen-bond acceptors (Lipinski definition) is 4. The number of hydrogen-bond donors (Lipinski definition) is 1. The van der Waals surface area contributed by atoms with Gasteiger partial charge >= 0.3 is 5.97 Å². The summed E-state index contributed by atoms with van der Waals surface area (Å²) in [7, 11) is -3.68. The maximum absolute atomic E-state index is 12.2. The molecule has 0 amide bonds. The van der Waals surface area contributed by atoms with Crippen molar-refractivity contribution in [3.63, 3.8) is 0 Å². The van der Waals surface area contributed by atoms with Crippen molar-refractivity contribution in [3.05, 3.63) is 0 Å². The van der Waals surface area contributed by atoms with Crippen LogP contribution >= 0.6 is 0 Å². The molecule has 1 atom stereocenters. The Bertz CT molecular complexity index is 411. The van der Waals surface area contributed by atoms with Gasteiger partial charge in [-0.1, -0.05) is 6.92 Å². The van der Waals surface area contributed by atoms with Gasteiger partial charge in [0.05, 0.1) is 6.07 Å². The van der Waals surface area contributed by atoms with Gasteiger partial charge in [-0.3, -0.25) is 4.79 Å². The van der Waals surface area contributed by atoms with E-state index in [1.54, 1.807) is 26.8 Å². The van der Waals surface area contributed by atoms with E-state index in [1.165, 1.54) is 4.31 Å². The minimum absolute atomic E-state index is 0.0813. The quantitative estimate of drug-likeness (QED) is 0.718. The molecule has 0 radical (unpaired) electrons. The predicted octanol–water partition coefficient (Wildman–Crippen LogP) is 1.19. The van der Waals surface area contributed by atoms with Gasteiger partial charge in [0.1, 0.15) is 0 Å². The maximum atomic E-state index is 12.2. The fourth-order valence-corrected chi connectivity index (χ4v) is 3.45. The second kappa shape index (κ2) is 7.34. The van der Waals surface area contributed by atoms with Crippen molar-refractivity contribution in [2.45, 2.75) is 51.3 Å². The second-order valence-corrected chi connectivity index (χ2v) is 6.34. The molecule has 0 fully saturated rings. The molecule has 0 aromatic carbocycles. The molecule has 0 aliphatic carbocycles. The summed E-state index contributed by atoms with van der Waals surface area (Å²) >= 11 is 0. The highest BCUT2D eigenvalue weighted by molar-refractivity contribution is 7.90. The summed E-state index contributed by atoms with van der Waals surface area (Å²) in [5, 5.41) is 16.3. The Morgan fingerprint density at radius 3 is 2.33 bits per heavy atom. The molecule has 0 aromatic heterocycles. The van der Waals surface area contributed by atoms with Crippen molar-refractivity contribution < 1.29 is 18.3 Å². The Morgan fingerprint density at radius 1 is 1.44 bits per heavy atom. The molecule has 104 valence electrons. The van der Waals surface area contributed by atoms with E-state index >= 15 is 0 Å². The normalized spacial score (nSPS) is 13.6. The first-order valence-electron chi connectivity index (χ1n) is 5.89. The molecular formula is C11H20N2O4S. The zero-order valence-electron chi connectivity index (χ0n) is 11.0. The summed E-state index contributed by atoms with van der Waals surface area (Å²) in [6.45, 7) is 5.19. The van der Waals surface area contributed by atoms with Crippen molar-refractivity contribution >= 4 is 16.0 Å². The number of carbonyl (C=O) groups is 1. The first-order valence-corrected chi connectivity index (χ1v) is 7.39. The van der Waals surface area contributed by atoms with E-state index in [0.29, 0.717) is 0 Å². The first-order chi connectivity index (χ1) is 8.27. The lowest BCUT2D eigenvalue weighted by Gasteiger charge is -2.27. The fourth-order valence-electron chi connectivity index (χ4n) is 1.60. The molecule has 0 saturated carbocycles. The summed E-state index contributed by atoms with van der Waals surface area (Å²) in [5.41, 5.74) is 0. The second-order valence-electron chi connectivity index (χ2n) is 4.27. The standard InChI is InChI=1S/C11H20N2O4S/c1-4-10(8-12)18(16,17)13(9(2)3)7-5-6-11(14)15/h9-10H,4-7H2,1-3H3,(H,14,15). The van der Waals surface area contributed by atoms with Gasteiger partial charge < -0.3 is 5.11 Å².